The van der Waals surface area contributed by atoms with E-state index in [4.69, 9.17) is 16.9 Å². The molecule has 4 nitrogen and oxygen atoms in total. The lowest BCUT2D eigenvalue weighted by molar-refractivity contribution is 0.692. The lowest BCUT2D eigenvalue weighted by Gasteiger charge is -2.23. The average molecular weight is 211 g/mol. The van der Waals surface area contributed by atoms with Crippen molar-refractivity contribution in [1.82, 2.24) is 9.97 Å². The molecule has 1 heterocycles. The van der Waals surface area contributed by atoms with Gasteiger partial charge in [0.2, 0.25) is 0 Å². The topological polar surface area (TPSA) is 52.8 Å². The van der Waals surface area contributed by atoms with Crippen molar-refractivity contribution >= 4 is 17.4 Å². The monoisotopic (exact) mass is 210 g/mol. The van der Waals surface area contributed by atoms with E-state index in [1.54, 1.807) is 6.20 Å². The maximum Gasteiger partial charge on any atom is 0.149 e. The minimum atomic E-state index is 0.104. The van der Waals surface area contributed by atoms with Gasteiger partial charge in [-0.15, -0.1) is 0 Å². The molecule has 0 spiro atoms. The second kappa shape index (κ2) is 4.77. The molecule has 1 unspecified atom stereocenters. The Morgan fingerprint density at radius 1 is 1.64 bits per heavy atom. The fraction of sp³-hybridized carbons (Fsp3) is 0.444. The fourth-order valence-corrected chi connectivity index (χ4v) is 1.14. The van der Waals surface area contributed by atoms with Gasteiger partial charge < -0.3 is 4.90 Å². The summed E-state index contributed by atoms with van der Waals surface area (Å²) in [6, 6.07) is 2.21. The summed E-state index contributed by atoms with van der Waals surface area (Å²) >= 11 is 5.71. The zero-order valence-corrected chi connectivity index (χ0v) is 8.86. The maximum absolute atomic E-state index is 8.55. The summed E-state index contributed by atoms with van der Waals surface area (Å²) in [7, 11) is 1.86. The molecule has 1 rings (SSSR count). The highest BCUT2D eigenvalue weighted by Crippen LogP contribution is 2.14. The van der Waals surface area contributed by atoms with Crippen LogP contribution in [0.4, 0.5) is 5.82 Å². The lowest BCUT2D eigenvalue weighted by atomic mass is 10.2. The molecule has 1 aromatic rings. The van der Waals surface area contributed by atoms with Crippen molar-refractivity contribution in [3.63, 3.8) is 0 Å². The Balaban J connectivity index is 2.79. The Labute approximate surface area is 88.2 Å². The van der Waals surface area contributed by atoms with Crippen LogP contribution in [0.1, 0.15) is 13.3 Å². The van der Waals surface area contributed by atoms with E-state index >= 15 is 0 Å². The second-order valence-corrected chi connectivity index (χ2v) is 3.41. The predicted octanol–water partition coefficient (Wildman–Crippen LogP) is 1.87. The molecule has 0 saturated heterocycles. The van der Waals surface area contributed by atoms with Crippen molar-refractivity contribution in [3.8, 4) is 6.07 Å². The van der Waals surface area contributed by atoms with Crippen LogP contribution in [0, 0.1) is 11.3 Å². The van der Waals surface area contributed by atoms with E-state index in [2.05, 4.69) is 16.0 Å². The van der Waals surface area contributed by atoms with E-state index < -0.39 is 0 Å². The van der Waals surface area contributed by atoms with Gasteiger partial charge in [-0.2, -0.15) is 5.26 Å². The Morgan fingerprint density at radius 3 is 2.93 bits per heavy atom. The van der Waals surface area contributed by atoms with Gasteiger partial charge in [0.25, 0.3) is 0 Å². The number of hydrogen-bond acceptors (Lipinski definition) is 4. The van der Waals surface area contributed by atoms with E-state index in [9.17, 15) is 0 Å². The first-order valence-electron chi connectivity index (χ1n) is 4.22. The number of halogens is 1. The third-order valence-electron chi connectivity index (χ3n) is 2.00. The Bertz CT molecular complexity index is 347. The predicted molar refractivity (Wildman–Crippen MR) is 55.1 cm³/mol. The Hall–Kier alpha value is -1.34. The molecule has 0 amide bonds. The third-order valence-corrected chi connectivity index (χ3v) is 2.18. The summed E-state index contributed by atoms with van der Waals surface area (Å²) in [5.41, 5.74) is 0. The van der Waals surface area contributed by atoms with Gasteiger partial charge in [-0.05, 0) is 6.92 Å². The molecule has 0 fully saturated rings. The van der Waals surface area contributed by atoms with Gasteiger partial charge in [-0.1, -0.05) is 11.6 Å². The SMILES string of the molecule is CC(CC#N)N(C)c1cncc(Cl)n1. The van der Waals surface area contributed by atoms with E-state index in [1.807, 2.05) is 18.9 Å². The zero-order valence-electron chi connectivity index (χ0n) is 8.11. The number of hydrogen-bond donors (Lipinski definition) is 0. The molecular formula is C9H11ClN4. The Morgan fingerprint density at radius 2 is 2.36 bits per heavy atom. The molecule has 74 valence electrons. The highest BCUT2D eigenvalue weighted by atomic mass is 35.5. The van der Waals surface area contributed by atoms with Crippen LogP contribution in [-0.4, -0.2) is 23.1 Å². The van der Waals surface area contributed by atoms with E-state index in [0.29, 0.717) is 17.4 Å². The molecule has 1 atom stereocenters. The van der Waals surface area contributed by atoms with Gasteiger partial charge in [0.05, 0.1) is 24.9 Å². The van der Waals surface area contributed by atoms with Gasteiger partial charge >= 0.3 is 0 Å². The third kappa shape index (κ3) is 2.57. The van der Waals surface area contributed by atoms with Gasteiger partial charge in [-0.3, -0.25) is 4.98 Å². The number of anilines is 1. The van der Waals surface area contributed by atoms with Crippen molar-refractivity contribution in [2.24, 2.45) is 0 Å². The molecule has 0 radical (unpaired) electrons. The zero-order chi connectivity index (χ0) is 10.6. The molecule has 0 aliphatic carbocycles. The molecule has 0 aromatic carbocycles. The van der Waals surface area contributed by atoms with Gasteiger partial charge in [0.1, 0.15) is 11.0 Å². The molecule has 14 heavy (non-hydrogen) atoms. The van der Waals surface area contributed by atoms with Crippen LogP contribution >= 0.6 is 11.6 Å². The maximum atomic E-state index is 8.55. The van der Waals surface area contributed by atoms with Crippen LogP contribution in [0.15, 0.2) is 12.4 Å². The van der Waals surface area contributed by atoms with Crippen molar-refractivity contribution < 1.29 is 0 Å². The van der Waals surface area contributed by atoms with Crippen molar-refractivity contribution in [2.75, 3.05) is 11.9 Å². The van der Waals surface area contributed by atoms with Crippen LogP contribution in [0.5, 0.6) is 0 Å². The molecule has 1 aromatic heterocycles. The highest BCUT2D eigenvalue weighted by molar-refractivity contribution is 6.29. The summed E-state index contributed by atoms with van der Waals surface area (Å²) in [4.78, 5) is 9.90. The average Bonchev–Trinajstić information content (AvgIpc) is 2.17. The van der Waals surface area contributed by atoms with Crippen molar-refractivity contribution in [2.45, 2.75) is 19.4 Å². The van der Waals surface area contributed by atoms with Crippen LogP contribution < -0.4 is 4.90 Å². The van der Waals surface area contributed by atoms with E-state index in [1.165, 1.54) is 6.20 Å². The molecule has 0 bridgehead atoms. The summed E-state index contributed by atoms with van der Waals surface area (Å²) < 4.78 is 0. The van der Waals surface area contributed by atoms with E-state index in [0.717, 1.165) is 0 Å². The summed E-state index contributed by atoms with van der Waals surface area (Å²) in [5.74, 6) is 0.681. The van der Waals surface area contributed by atoms with Crippen molar-refractivity contribution in [1.29, 1.82) is 5.26 Å². The first-order valence-corrected chi connectivity index (χ1v) is 4.60. The Kier molecular flexibility index (Phi) is 3.66. The summed E-state index contributed by atoms with van der Waals surface area (Å²) in [6.45, 7) is 1.95. The second-order valence-electron chi connectivity index (χ2n) is 3.02. The highest BCUT2D eigenvalue weighted by Gasteiger charge is 2.10. The van der Waals surface area contributed by atoms with Crippen LogP contribution in [0.2, 0.25) is 5.15 Å². The first-order chi connectivity index (χ1) is 6.65. The number of nitriles is 1. The normalized spacial score (nSPS) is 11.9. The largest absolute Gasteiger partial charge is 0.355 e. The minimum Gasteiger partial charge on any atom is -0.355 e. The standard InChI is InChI=1S/C9H11ClN4/c1-7(3-4-11)14(2)9-6-12-5-8(10)13-9/h5-7H,3H2,1-2H3. The van der Waals surface area contributed by atoms with Gasteiger partial charge in [0, 0.05) is 13.1 Å². The van der Waals surface area contributed by atoms with Crippen LogP contribution in [-0.2, 0) is 0 Å². The molecule has 0 aliphatic heterocycles. The molecule has 0 aliphatic rings. The summed E-state index contributed by atoms with van der Waals surface area (Å²) in [6.07, 6.45) is 3.55. The smallest absolute Gasteiger partial charge is 0.149 e. The van der Waals surface area contributed by atoms with Crippen LogP contribution in [0.25, 0.3) is 0 Å². The molecule has 5 heteroatoms. The minimum absolute atomic E-state index is 0.104. The first kappa shape index (κ1) is 10.7. The summed E-state index contributed by atoms with van der Waals surface area (Å²) in [5, 5.41) is 8.91. The quantitative estimate of drug-likeness (QED) is 0.764. The molecular weight excluding hydrogens is 200 g/mol. The molecule has 0 N–H and O–H groups in total. The number of aromatic nitrogens is 2. The van der Waals surface area contributed by atoms with Gasteiger partial charge in [0.15, 0.2) is 0 Å². The van der Waals surface area contributed by atoms with Gasteiger partial charge in [-0.25, -0.2) is 4.98 Å². The molecule has 0 saturated carbocycles. The number of rotatable bonds is 3. The fourth-order valence-electron chi connectivity index (χ4n) is 0.997. The van der Waals surface area contributed by atoms with E-state index in [-0.39, 0.29) is 6.04 Å². The number of nitrogens with zero attached hydrogens (tertiary/aromatic N) is 4. The van der Waals surface area contributed by atoms with Crippen molar-refractivity contribution in [3.05, 3.63) is 17.5 Å². The lowest BCUT2D eigenvalue weighted by Crippen LogP contribution is -2.29. The van der Waals surface area contributed by atoms with Crippen LogP contribution in [0.3, 0.4) is 0 Å².